The summed E-state index contributed by atoms with van der Waals surface area (Å²) in [5.41, 5.74) is 1.43. The summed E-state index contributed by atoms with van der Waals surface area (Å²) in [6.45, 7) is 2.00. The van der Waals surface area contributed by atoms with Crippen molar-refractivity contribution in [3.8, 4) is 11.5 Å². The zero-order chi connectivity index (χ0) is 14.8. The van der Waals surface area contributed by atoms with Crippen molar-refractivity contribution in [3.63, 3.8) is 0 Å². The van der Waals surface area contributed by atoms with E-state index in [1.54, 1.807) is 20.3 Å². The van der Waals surface area contributed by atoms with Crippen LogP contribution in [0.3, 0.4) is 0 Å². The van der Waals surface area contributed by atoms with Crippen molar-refractivity contribution in [1.29, 1.82) is 0 Å². The predicted molar refractivity (Wildman–Crippen MR) is 80.3 cm³/mol. The molecule has 0 saturated heterocycles. The molecule has 1 aromatic rings. The molecular weight excluding hydrogens is 322 g/mol. The molecule has 2 rings (SSSR count). The van der Waals surface area contributed by atoms with Gasteiger partial charge in [-0.3, -0.25) is 0 Å². The summed E-state index contributed by atoms with van der Waals surface area (Å²) in [6, 6.07) is 1.88. The van der Waals surface area contributed by atoms with Crippen molar-refractivity contribution in [1.82, 2.24) is 0 Å². The van der Waals surface area contributed by atoms with Gasteiger partial charge in [0.05, 0.1) is 14.2 Å². The van der Waals surface area contributed by atoms with E-state index in [2.05, 4.69) is 20.9 Å². The third-order valence-corrected chi connectivity index (χ3v) is 4.85. The molecule has 0 heterocycles. The largest absolute Gasteiger partial charge is 0.493 e. The lowest BCUT2D eigenvalue weighted by atomic mass is 9.85. The first-order valence-electron chi connectivity index (χ1n) is 6.60. The molecule has 0 aliphatic heterocycles. The zero-order valence-corrected chi connectivity index (χ0v) is 13.5. The zero-order valence-electron chi connectivity index (χ0n) is 12.0. The average Bonchev–Trinajstić information content (AvgIpc) is 2.90. The van der Waals surface area contributed by atoms with E-state index in [-0.39, 0.29) is 0 Å². The van der Waals surface area contributed by atoms with E-state index in [1.807, 2.05) is 13.0 Å². The van der Waals surface area contributed by atoms with Gasteiger partial charge in [-0.15, -0.1) is 0 Å². The highest BCUT2D eigenvalue weighted by molar-refractivity contribution is 9.10. The highest BCUT2D eigenvalue weighted by Crippen LogP contribution is 2.51. The van der Waals surface area contributed by atoms with Crippen LogP contribution >= 0.6 is 15.9 Å². The Hall–Kier alpha value is -1.32. The number of rotatable bonds is 4. The van der Waals surface area contributed by atoms with Gasteiger partial charge in [-0.2, -0.15) is 4.99 Å². The van der Waals surface area contributed by atoms with Gasteiger partial charge in [0.15, 0.2) is 11.5 Å². The van der Waals surface area contributed by atoms with Gasteiger partial charge in [-0.05, 0) is 31.4 Å². The van der Waals surface area contributed by atoms with Crippen LogP contribution in [0.1, 0.15) is 36.8 Å². The number of ether oxygens (including phenoxy) is 2. The van der Waals surface area contributed by atoms with E-state index in [0.29, 0.717) is 11.5 Å². The van der Waals surface area contributed by atoms with E-state index in [1.165, 1.54) is 0 Å². The number of carbonyl (C=O) groups excluding carboxylic acids is 1. The monoisotopic (exact) mass is 339 g/mol. The van der Waals surface area contributed by atoms with Gasteiger partial charge in [-0.25, -0.2) is 4.79 Å². The molecule has 1 saturated carbocycles. The van der Waals surface area contributed by atoms with E-state index in [0.717, 1.165) is 41.3 Å². The highest BCUT2D eigenvalue weighted by atomic mass is 79.9. The fourth-order valence-corrected chi connectivity index (χ4v) is 3.49. The fourth-order valence-electron chi connectivity index (χ4n) is 3.08. The minimum absolute atomic E-state index is 0.533. The Bertz CT molecular complexity index is 559. The SMILES string of the molecule is COc1cc(Br)c(C)c(C2(N=C=O)CCCC2)c1OC. The number of methoxy groups -OCH3 is 2. The van der Waals surface area contributed by atoms with Crippen LogP contribution in [-0.2, 0) is 10.3 Å². The van der Waals surface area contributed by atoms with Crippen molar-refractivity contribution < 1.29 is 14.3 Å². The lowest BCUT2D eigenvalue weighted by Crippen LogP contribution is -2.22. The van der Waals surface area contributed by atoms with Gasteiger partial charge in [0.25, 0.3) is 0 Å². The Morgan fingerprint density at radius 2 is 1.95 bits per heavy atom. The number of nitrogens with zero attached hydrogens (tertiary/aromatic N) is 1. The quantitative estimate of drug-likeness (QED) is 0.617. The Kier molecular flexibility index (Phi) is 4.51. The van der Waals surface area contributed by atoms with Crippen LogP contribution in [0.25, 0.3) is 0 Å². The normalized spacial score (nSPS) is 16.6. The van der Waals surface area contributed by atoms with Crippen molar-refractivity contribution in [3.05, 3.63) is 21.7 Å². The molecule has 1 fully saturated rings. The molecule has 0 unspecified atom stereocenters. The Morgan fingerprint density at radius 3 is 2.45 bits per heavy atom. The third-order valence-electron chi connectivity index (χ3n) is 4.02. The van der Waals surface area contributed by atoms with Gasteiger partial charge in [0.2, 0.25) is 6.08 Å². The molecule has 4 nitrogen and oxygen atoms in total. The smallest absolute Gasteiger partial charge is 0.235 e. The lowest BCUT2D eigenvalue weighted by molar-refractivity contribution is 0.336. The van der Waals surface area contributed by atoms with E-state index in [4.69, 9.17) is 9.47 Å². The summed E-state index contributed by atoms with van der Waals surface area (Å²) in [7, 11) is 3.22. The molecule has 0 N–H and O–H groups in total. The molecule has 0 amide bonds. The predicted octanol–water partition coefficient (Wildman–Crippen LogP) is 3.88. The summed E-state index contributed by atoms with van der Waals surface area (Å²) < 4.78 is 11.9. The Balaban J connectivity index is 2.76. The second kappa shape index (κ2) is 5.98. The van der Waals surface area contributed by atoms with Crippen LogP contribution in [0.2, 0.25) is 0 Å². The summed E-state index contributed by atoms with van der Waals surface area (Å²) in [6.07, 6.45) is 5.50. The second-order valence-corrected chi connectivity index (χ2v) is 5.89. The molecule has 1 aliphatic rings. The highest BCUT2D eigenvalue weighted by Gasteiger charge is 2.40. The molecule has 0 radical (unpaired) electrons. The molecule has 0 bridgehead atoms. The third kappa shape index (κ3) is 2.36. The van der Waals surface area contributed by atoms with Crippen molar-refractivity contribution in [2.24, 2.45) is 4.99 Å². The lowest BCUT2D eigenvalue weighted by Gasteiger charge is -2.28. The van der Waals surface area contributed by atoms with Gasteiger partial charge in [-0.1, -0.05) is 28.8 Å². The first kappa shape index (κ1) is 15.1. The standard InChI is InChI=1S/C15H18BrNO3/c1-10-11(16)8-12(19-2)14(20-3)13(10)15(17-9-18)6-4-5-7-15/h8H,4-7H2,1-3H3. The first-order valence-corrected chi connectivity index (χ1v) is 7.39. The molecule has 1 aliphatic carbocycles. The van der Waals surface area contributed by atoms with Gasteiger partial charge in [0.1, 0.15) is 5.54 Å². The minimum Gasteiger partial charge on any atom is -0.493 e. The first-order chi connectivity index (χ1) is 9.59. The van der Waals surface area contributed by atoms with Crippen molar-refractivity contribution >= 4 is 22.0 Å². The molecule has 1 aromatic carbocycles. The summed E-state index contributed by atoms with van der Waals surface area (Å²) in [5.74, 6) is 1.31. The summed E-state index contributed by atoms with van der Waals surface area (Å²) in [4.78, 5) is 15.1. The number of isocyanates is 1. The maximum atomic E-state index is 10.9. The molecule has 0 aromatic heterocycles. The maximum Gasteiger partial charge on any atom is 0.235 e. The molecular formula is C15H18BrNO3. The van der Waals surface area contributed by atoms with Crippen molar-refractivity contribution in [2.75, 3.05) is 14.2 Å². The van der Waals surface area contributed by atoms with Crippen LogP contribution < -0.4 is 9.47 Å². The average molecular weight is 340 g/mol. The van der Waals surface area contributed by atoms with E-state index >= 15 is 0 Å². The number of halogens is 1. The van der Waals surface area contributed by atoms with Crippen LogP contribution in [0.5, 0.6) is 11.5 Å². The topological polar surface area (TPSA) is 47.9 Å². The molecule has 0 atom stereocenters. The van der Waals surface area contributed by atoms with Crippen LogP contribution in [0.15, 0.2) is 15.5 Å². The molecule has 5 heteroatoms. The minimum atomic E-state index is -0.533. The number of hydrogen-bond donors (Lipinski definition) is 0. The van der Waals surface area contributed by atoms with Gasteiger partial charge >= 0.3 is 0 Å². The van der Waals surface area contributed by atoms with E-state index < -0.39 is 5.54 Å². The van der Waals surface area contributed by atoms with Crippen LogP contribution in [0.4, 0.5) is 0 Å². The summed E-state index contributed by atoms with van der Waals surface area (Å²) >= 11 is 3.55. The Morgan fingerprint density at radius 1 is 1.30 bits per heavy atom. The molecule has 0 spiro atoms. The number of hydrogen-bond acceptors (Lipinski definition) is 4. The fraction of sp³-hybridized carbons (Fsp3) is 0.533. The molecule has 108 valence electrons. The number of benzene rings is 1. The van der Waals surface area contributed by atoms with Gasteiger partial charge in [0, 0.05) is 10.0 Å². The van der Waals surface area contributed by atoms with Crippen LogP contribution in [0, 0.1) is 6.92 Å². The second-order valence-electron chi connectivity index (χ2n) is 5.04. The van der Waals surface area contributed by atoms with Crippen molar-refractivity contribution in [2.45, 2.75) is 38.1 Å². The Labute approximate surface area is 127 Å². The molecule has 20 heavy (non-hydrogen) atoms. The van der Waals surface area contributed by atoms with Crippen LogP contribution in [-0.4, -0.2) is 20.3 Å². The summed E-state index contributed by atoms with van der Waals surface area (Å²) in [5, 5.41) is 0. The number of aliphatic imine (C=N–C) groups is 1. The van der Waals surface area contributed by atoms with E-state index in [9.17, 15) is 4.79 Å². The van der Waals surface area contributed by atoms with Gasteiger partial charge < -0.3 is 9.47 Å². The maximum absolute atomic E-state index is 10.9.